The summed E-state index contributed by atoms with van der Waals surface area (Å²) in [6.45, 7) is 20.5. The second-order valence-corrected chi connectivity index (χ2v) is 14.5. The SMILES string of the molecule is C=CC(=O)OCCOC(=O)C(C)(C)CC.CCC(C)(C)C(=O)OCCOP(=O)(O)O.CCC(C)C(=O)NC(C)(C)CS(=O)(=O)O. The van der Waals surface area contributed by atoms with Crippen LogP contribution in [-0.2, 0) is 52.6 Å². The van der Waals surface area contributed by atoms with Gasteiger partial charge in [-0.15, -0.1) is 0 Å². The molecule has 0 aliphatic carbocycles. The molecule has 15 nitrogen and oxygen atoms in total. The number of phosphoric acid groups is 1. The first-order chi connectivity index (χ1) is 20.2. The third-order valence-corrected chi connectivity index (χ3v) is 7.85. The molecule has 1 atom stereocenters. The van der Waals surface area contributed by atoms with Crippen LogP contribution in [0.5, 0.6) is 0 Å². The van der Waals surface area contributed by atoms with Gasteiger partial charge in [0.2, 0.25) is 5.91 Å². The Morgan fingerprint density at radius 3 is 1.58 bits per heavy atom. The van der Waals surface area contributed by atoms with E-state index in [2.05, 4.69) is 21.2 Å². The number of rotatable bonds is 17. The highest BCUT2D eigenvalue weighted by Crippen LogP contribution is 2.35. The van der Waals surface area contributed by atoms with Crippen LogP contribution >= 0.6 is 7.82 Å². The van der Waals surface area contributed by atoms with Gasteiger partial charge in [0, 0.05) is 12.0 Å². The highest BCUT2D eigenvalue weighted by atomic mass is 32.2. The number of hydrogen-bond donors (Lipinski definition) is 4. The molecule has 1 amide bonds. The molecule has 0 heterocycles. The van der Waals surface area contributed by atoms with Gasteiger partial charge in [0.15, 0.2) is 0 Å². The number of amides is 1. The first kappa shape index (κ1) is 47.1. The number of ether oxygens (including phenoxy) is 3. The van der Waals surface area contributed by atoms with Crippen LogP contribution in [0.25, 0.3) is 0 Å². The van der Waals surface area contributed by atoms with E-state index in [1.807, 2.05) is 34.6 Å². The lowest BCUT2D eigenvalue weighted by Gasteiger charge is -2.26. The minimum absolute atomic E-state index is 0.0659. The van der Waals surface area contributed by atoms with E-state index in [9.17, 15) is 32.2 Å². The predicted molar refractivity (Wildman–Crippen MR) is 167 cm³/mol. The fourth-order valence-corrected chi connectivity index (χ4v) is 3.74. The van der Waals surface area contributed by atoms with Gasteiger partial charge in [0.1, 0.15) is 19.8 Å². The van der Waals surface area contributed by atoms with E-state index in [0.29, 0.717) is 19.3 Å². The van der Waals surface area contributed by atoms with Crippen LogP contribution < -0.4 is 5.32 Å². The Kier molecular flexibility index (Phi) is 22.4. The average molecular weight is 692 g/mol. The molecule has 45 heavy (non-hydrogen) atoms. The highest BCUT2D eigenvalue weighted by Gasteiger charge is 2.29. The molecule has 1 unspecified atom stereocenters. The first-order valence-electron chi connectivity index (χ1n) is 14.3. The van der Waals surface area contributed by atoms with E-state index in [-0.39, 0.29) is 44.2 Å². The minimum atomic E-state index is -4.46. The Hall–Kier alpha value is -2.36. The average Bonchev–Trinajstić information content (AvgIpc) is 2.90. The highest BCUT2D eigenvalue weighted by molar-refractivity contribution is 7.85. The molecule has 0 saturated carbocycles. The Morgan fingerprint density at radius 2 is 1.24 bits per heavy atom. The number of carbonyl (C=O) groups excluding carboxylic acids is 4. The van der Waals surface area contributed by atoms with Crippen LogP contribution in [0.2, 0.25) is 0 Å². The van der Waals surface area contributed by atoms with Crippen molar-refractivity contribution in [2.24, 2.45) is 16.7 Å². The molecule has 17 heteroatoms. The first-order valence-corrected chi connectivity index (χ1v) is 17.4. The van der Waals surface area contributed by atoms with Gasteiger partial charge < -0.3 is 29.3 Å². The van der Waals surface area contributed by atoms with Crippen LogP contribution in [-0.4, -0.2) is 84.3 Å². The van der Waals surface area contributed by atoms with Crippen molar-refractivity contribution in [3.05, 3.63) is 12.7 Å². The summed E-state index contributed by atoms with van der Waals surface area (Å²) in [6.07, 6.45) is 3.09. The molecule has 0 saturated heterocycles. The number of esters is 3. The van der Waals surface area contributed by atoms with Crippen LogP contribution in [0, 0.1) is 16.7 Å². The maximum atomic E-state index is 11.5. The Balaban J connectivity index is -0.000000588. The van der Waals surface area contributed by atoms with Gasteiger partial charge >= 0.3 is 25.7 Å². The van der Waals surface area contributed by atoms with Gasteiger partial charge in [-0.25, -0.2) is 9.36 Å². The van der Waals surface area contributed by atoms with Crippen molar-refractivity contribution < 1.29 is 65.2 Å². The van der Waals surface area contributed by atoms with E-state index in [1.165, 1.54) is 0 Å². The molecule has 4 N–H and O–H groups in total. The molecule has 0 bridgehead atoms. The van der Waals surface area contributed by atoms with Gasteiger partial charge in [0.05, 0.1) is 28.7 Å². The summed E-state index contributed by atoms with van der Waals surface area (Å²) in [7, 11) is -8.54. The van der Waals surface area contributed by atoms with Crippen LogP contribution in [0.1, 0.15) is 88.5 Å². The summed E-state index contributed by atoms with van der Waals surface area (Å²) in [6, 6.07) is 0. The van der Waals surface area contributed by atoms with Crippen molar-refractivity contribution in [2.45, 2.75) is 94.0 Å². The van der Waals surface area contributed by atoms with Gasteiger partial charge in [-0.3, -0.25) is 23.5 Å². The van der Waals surface area contributed by atoms with E-state index in [1.54, 1.807) is 34.6 Å². The van der Waals surface area contributed by atoms with Crippen molar-refractivity contribution in [2.75, 3.05) is 32.2 Å². The summed E-state index contributed by atoms with van der Waals surface area (Å²) in [5.74, 6) is -2.04. The molecule has 0 aromatic carbocycles. The topological polar surface area (TPSA) is 229 Å². The molecule has 0 radical (unpaired) electrons. The summed E-state index contributed by atoms with van der Waals surface area (Å²) in [4.78, 5) is 61.6. The van der Waals surface area contributed by atoms with Crippen LogP contribution in [0.15, 0.2) is 12.7 Å². The minimum Gasteiger partial charge on any atom is -0.463 e. The van der Waals surface area contributed by atoms with Gasteiger partial charge in [-0.1, -0.05) is 34.3 Å². The molecule has 0 aliphatic rings. The molecule has 0 aliphatic heterocycles. The van der Waals surface area contributed by atoms with Crippen molar-refractivity contribution >= 4 is 41.8 Å². The maximum Gasteiger partial charge on any atom is 0.469 e. The monoisotopic (exact) mass is 691 g/mol. The Labute approximate surface area is 267 Å². The molecule has 0 spiro atoms. The molecule has 0 aromatic heterocycles. The van der Waals surface area contributed by atoms with Crippen molar-refractivity contribution in [1.29, 1.82) is 0 Å². The summed E-state index contributed by atoms with van der Waals surface area (Å²) >= 11 is 0. The number of phosphoric ester groups is 1. The van der Waals surface area contributed by atoms with Crippen LogP contribution in [0.3, 0.4) is 0 Å². The zero-order valence-corrected chi connectivity index (χ0v) is 29.9. The van der Waals surface area contributed by atoms with Crippen molar-refractivity contribution in [3.8, 4) is 0 Å². The lowest BCUT2D eigenvalue weighted by atomic mass is 9.91. The molecular formula is C28H54NO14PS. The summed E-state index contributed by atoms with van der Waals surface area (Å²) in [5, 5.41) is 2.59. The second kappa shape index (κ2) is 21.4. The van der Waals surface area contributed by atoms with Crippen molar-refractivity contribution in [1.82, 2.24) is 5.32 Å². The van der Waals surface area contributed by atoms with Gasteiger partial charge in [-0.05, 0) is 60.8 Å². The van der Waals surface area contributed by atoms with E-state index in [0.717, 1.165) is 6.08 Å². The zero-order valence-electron chi connectivity index (χ0n) is 28.2. The zero-order chi connectivity index (χ0) is 36.3. The number of carbonyl (C=O) groups is 4. The Bertz CT molecular complexity index is 1100. The van der Waals surface area contributed by atoms with Gasteiger partial charge in [0.25, 0.3) is 10.1 Å². The van der Waals surface area contributed by atoms with Gasteiger partial charge in [-0.2, -0.15) is 8.42 Å². The standard InChI is InChI=1S/C11H18O4.C9H19NO4S.C8H17O6P/c1-5-9(12)14-7-8-15-10(13)11(3,4)6-2;1-5-7(2)8(11)10-9(3,4)6-15(12,13)14;1-4-8(2,3)7(9)13-5-6-14-15(10,11)12/h5H,1,6-8H2,2-4H3;7H,5-6H2,1-4H3,(H,10,11)(H,12,13,14);4-6H2,1-3H3,(H2,10,11,12). The Morgan fingerprint density at radius 1 is 0.844 bits per heavy atom. The predicted octanol–water partition coefficient (Wildman–Crippen LogP) is 3.59. The van der Waals surface area contributed by atoms with E-state index in [4.69, 9.17) is 23.8 Å². The van der Waals surface area contributed by atoms with Crippen molar-refractivity contribution in [3.63, 3.8) is 0 Å². The number of hydrogen-bond acceptors (Lipinski definition) is 11. The fourth-order valence-electron chi connectivity index (χ4n) is 2.44. The summed E-state index contributed by atoms with van der Waals surface area (Å²) < 4.78 is 58.8. The third kappa shape index (κ3) is 26.6. The molecule has 0 rings (SSSR count). The normalized spacial score (nSPS) is 12.6. The largest absolute Gasteiger partial charge is 0.469 e. The molecular weight excluding hydrogens is 637 g/mol. The molecule has 0 fully saturated rings. The lowest BCUT2D eigenvalue weighted by molar-refractivity contribution is -0.158. The molecule has 0 aromatic rings. The fraction of sp³-hybridized carbons (Fsp3) is 0.786. The molecule has 266 valence electrons. The third-order valence-electron chi connectivity index (χ3n) is 6.24. The summed E-state index contributed by atoms with van der Waals surface area (Å²) in [5.41, 5.74) is -2.02. The number of nitrogens with one attached hydrogen (secondary N) is 1. The van der Waals surface area contributed by atoms with E-state index < -0.39 is 52.0 Å². The quantitative estimate of drug-likeness (QED) is 0.0427. The second-order valence-electron chi connectivity index (χ2n) is 11.9. The lowest BCUT2D eigenvalue weighted by Crippen LogP contribution is -2.49. The smallest absolute Gasteiger partial charge is 0.463 e. The van der Waals surface area contributed by atoms with E-state index >= 15 is 0 Å². The maximum absolute atomic E-state index is 11.5. The van der Waals surface area contributed by atoms with Crippen LogP contribution in [0.4, 0.5) is 0 Å².